The first kappa shape index (κ1) is 19.8. The summed E-state index contributed by atoms with van der Waals surface area (Å²) in [7, 11) is -2.44. The lowest BCUT2D eigenvalue weighted by atomic mass is 10.3. The minimum Gasteiger partial charge on any atom is -0.463 e. The second kappa shape index (κ2) is 7.97. The Morgan fingerprint density at radius 1 is 1.30 bits per heavy atom. The van der Waals surface area contributed by atoms with Gasteiger partial charge in [-0.2, -0.15) is 4.31 Å². The van der Waals surface area contributed by atoms with Crippen LogP contribution >= 0.6 is 11.6 Å². The van der Waals surface area contributed by atoms with Gasteiger partial charge in [-0.1, -0.05) is 11.6 Å². The molecular weight excluding hydrogens is 399 g/mol. The van der Waals surface area contributed by atoms with E-state index < -0.39 is 21.8 Å². The minimum atomic E-state index is -3.72. The molecule has 1 aromatic carbocycles. The number of sulfonamides is 1. The van der Waals surface area contributed by atoms with Crippen molar-refractivity contribution in [2.75, 3.05) is 33.3 Å². The van der Waals surface area contributed by atoms with Gasteiger partial charge in [0, 0.05) is 0 Å². The predicted molar refractivity (Wildman–Crippen MR) is 94.6 cm³/mol. The van der Waals surface area contributed by atoms with Gasteiger partial charge in [0.2, 0.25) is 15.8 Å². The summed E-state index contributed by atoms with van der Waals surface area (Å²) >= 11 is 5.70. The molecule has 0 atom stereocenters. The maximum atomic E-state index is 13.3. The highest BCUT2D eigenvalue weighted by molar-refractivity contribution is 7.89. The Morgan fingerprint density at radius 2 is 2.00 bits per heavy atom. The highest BCUT2D eigenvalue weighted by atomic mass is 35.5. The van der Waals surface area contributed by atoms with Gasteiger partial charge in [-0.3, -0.25) is 0 Å². The predicted octanol–water partition coefficient (Wildman–Crippen LogP) is 0.948. The average molecular weight is 418 g/mol. The van der Waals surface area contributed by atoms with Crippen LogP contribution in [-0.4, -0.2) is 52.0 Å². The summed E-state index contributed by atoms with van der Waals surface area (Å²) in [6, 6.07) is 6.66. The average Bonchev–Trinajstić information content (AvgIpc) is 3.12. The lowest BCUT2D eigenvalue weighted by Crippen LogP contribution is -3.13. The molecule has 0 unspecified atom stereocenters. The first-order valence-electron chi connectivity index (χ1n) is 8.27. The lowest BCUT2D eigenvalue weighted by molar-refractivity contribution is -0.918. The number of esters is 1. The third-order valence-electron chi connectivity index (χ3n) is 4.43. The van der Waals surface area contributed by atoms with Gasteiger partial charge in [0.15, 0.2) is 5.76 Å². The fourth-order valence-corrected chi connectivity index (χ4v) is 4.65. The molecule has 1 aliphatic rings. The van der Waals surface area contributed by atoms with Crippen LogP contribution in [0.4, 0.5) is 4.39 Å². The van der Waals surface area contributed by atoms with Crippen LogP contribution < -0.4 is 4.90 Å². The van der Waals surface area contributed by atoms with Gasteiger partial charge >= 0.3 is 5.97 Å². The minimum absolute atomic E-state index is 0.0221. The van der Waals surface area contributed by atoms with Crippen LogP contribution in [0.1, 0.15) is 16.3 Å². The van der Waals surface area contributed by atoms with Crippen LogP contribution in [0.3, 0.4) is 0 Å². The summed E-state index contributed by atoms with van der Waals surface area (Å²) in [5.41, 5.74) is 0. The van der Waals surface area contributed by atoms with Gasteiger partial charge in [-0.05, 0) is 30.3 Å². The van der Waals surface area contributed by atoms with E-state index in [4.69, 9.17) is 16.0 Å². The quantitative estimate of drug-likeness (QED) is 0.732. The Kier molecular flexibility index (Phi) is 5.85. The van der Waals surface area contributed by atoms with Crippen molar-refractivity contribution < 1.29 is 31.7 Å². The second-order valence-corrected chi connectivity index (χ2v) is 8.51. The maximum Gasteiger partial charge on any atom is 0.373 e. The molecule has 1 aliphatic heterocycles. The molecule has 1 fully saturated rings. The molecule has 2 heterocycles. The van der Waals surface area contributed by atoms with E-state index in [1.54, 1.807) is 12.1 Å². The number of carbonyl (C=O) groups excluding carboxylic acids is 1. The Morgan fingerprint density at radius 3 is 2.63 bits per heavy atom. The van der Waals surface area contributed by atoms with E-state index in [1.165, 1.54) is 17.5 Å². The number of hydrogen-bond acceptors (Lipinski definition) is 5. The zero-order valence-corrected chi connectivity index (χ0v) is 16.1. The Labute approximate surface area is 161 Å². The zero-order valence-electron chi connectivity index (χ0n) is 14.6. The number of methoxy groups -OCH3 is 1. The highest BCUT2D eigenvalue weighted by Crippen LogP contribution is 2.22. The molecule has 0 bridgehead atoms. The monoisotopic (exact) mass is 417 g/mol. The first-order chi connectivity index (χ1) is 12.8. The summed E-state index contributed by atoms with van der Waals surface area (Å²) in [6.07, 6.45) is 0. The van der Waals surface area contributed by atoms with Crippen LogP contribution in [0, 0.1) is 5.82 Å². The van der Waals surface area contributed by atoms with Crippen LogP contribution in [0.15, 0.2) is 39.6 Å². The van der Waals surface area contributed by atoms with Gasteiger partial charge in [0.25, 0.3) is 0 Å². The number of ether oxygens (including phenoxy) is 1. The number of carbonyl (C=O) groups is 1. The number of halogens is 2. The molecule has 0 aliphatic carbocycles. The first-order valence-corrected chi connectivity index (χ1v) is 10.1. The number of furan rings is 1. The number of nitrogens with zero attached hydrogens (tertiary/aromatic N) is 1. The van der Waals surface area contributed by atoms with E-state index in [1.807, 2.05) is 0 Å². The van der Waals surface area contributed by atoms with E-state index in [9.17, 15) is 17.6 Å². The fourth-order valence-electron chi connectivity index (χ4n) is 2.94. The third-order valence-corrected chi connectivity index (χ3v) is 6.62. The number of hydrogen-bond donors (Lipinski definition) is 1. The normalized spacial score (nSPS) is 16.4. The van der Waals surface area contributed by atoms with Gasteiger partial charge in [0.1, 0.15) is 12.4 Å². The van der Waals surface area contributed by atoms with Crippen molar-refractivity contribution in [2.45, 2.75) is 11.4 Å². The van der Waals surface area contributed by atoms with Crippen molar-refractivity contribution in [1.29, 1.82) is 0 Å². The number of quaternary nitrogens is 1. The van der Waals surface area contributed by atoms with Crippen LogP contribution in [0.5, 0.6) is 0 Å². The molecule has 10 heteroatoms. The van der Waals surface area contributed by atoms with E-state index >= 15 is 0 Å². The van der Waals surface area contributed by atoms with Crippen LogP contribution in [-0.2, 0) is 21.3 Å². The smallest absolute Gasteiger partial charge is 0.373 e. The number of benzene rings is 1. The fraction of sp³-hybridized carbons (Fsp3) is 0.353. The summed E-state index contributed by atoms with van der Waals surface area (Å²) < 4.78 is 50.1. The van der Waals surface area contributed by atoms with E-state index in [0.29, 0.717) is 38.5 Å². The van der Waals surface area contributed by atoms with Gasteiger partial charge in [-0.25, -0.2) is 17.6 Å². The van der Waals surface area contributed by atoms with Gasteiger partial charge in [0.05, 0.1) is 43.2 Å². The molecule has 7 nitrogen and oxygen atoms in total. The summed E-state index contributed by atoms with van der Waals surface area (Å²) in [6.45, 7) is 2.31. The molecular formula is C17H19ClFN2O5S+. The number of rotatable bonds is 5. The topological polar surface area (TPSA) is 81.3 Å². The molecule has 3 rings (SSSR count). The number of nitrogens with one attached hydrogen (secondary N) is 1. The van der Waals surface area contributed by atoms with Crippen molar-refractivity contribution in [3.05, 3.63) is 52.7 Å². The van der Waals surface area contributed by atoms with Gasteiger partial charge < -0.3 is 14.1 Å². The van der Waals surface area contributed by atoms with E-state index in [-0.39, 0.29) is 15.7 Å². The second-order valence-electron chi connectivity index (χ2n) is 6.16. The molecule has 2 aromatic rings. The van der Waals surface area contributed by atoms with Crippen molar-refractivity contribution in [1.82, 2.24) is 4.31 Å². The Balaban J connectivity index is 1.62. The molecule has 0 amide bonds. The van der Waals surface area contributed by atoms with Crippen molar-refractivity contribution in [3.8, 4) is 0 Å². The van der Waals surface area contributed by atoms with Crippen molar-refractivity contribution in [3.63, 3.8) is 0 Å². The van der Waals surface area contributed by atoms with Crippen molar-refractivity contribution in [2.24, 2.45) is 0 Å². The molecule has 1 aromatic heterocycles. The molecule has 27 heavy (non-hydrogen) atoms. The molecule has 1 N–H and O–H groups in total. The van der Waals surface area contributed by atoms with E-state index in [2.05, 4.69) is 4.74 Å². The van der Waals surface area contributed by atoms with Crippen molar-refractivity contribution >= 4 is 27.6 Å². The molecule has 0 radical (unpaired) electrons. The van der Waals surface area contributed by atoms with Crippen LogP contribution in [0.25, 0.3) is 0 Å². The third kappa shape index (κ3) is 4.32. The summed E-state index contributed by atoms with van der Waals surface area (Å²) in [5.74, 6) is -0.423. The molecule has 146 valence electrons. The number of piperazine rings is 1. The standard InChI is InChI=1S/C17H18ClFN2O5S/c1-25-17(22)16-5-2-12(26-16)11-20-6-8-21(9-7-20)27(23,24)13-3-4-15(19)14(18)10-13/h2-5,10H,6-9,11H2,1H3/p+1. The molecule has 0 spiro atoms. The van der Waals surface area contributed by atoms with E-state index in [0.717, 1.165) is 17.0 Å². The summed E-state index contributed by atoms with van der Waals surface area (Å²) in [5, 5.41) is -0.223. The zero-order chi connectivity index (χ0) is 19.6. The maximum absolute atomic E-state index is 13.3. The Bertz CT molecular complexity index is 939. The van der Waals surface area contributed by atoms with Crippen LogP contribution in [0.2, 0.25) is 5.02 Å². The largest absolute Gasteiger partial charge is 0.463 e. The van der Waals surface area contributed by atoms with Gasteiger partial charge in [-0.15, -0.1) is 0 Å². The lowest BCUT2D eigenvalue weighted by Gasteiger charge is -2.31. The Hall–Kier alpha value is -1.94. The summed E-state index contributed by atoms with van der Waals surface area (Å²) in [4.78, 5) is 12.5. The SMILES string of the molecule is COC(=O)c1ccc(C[NH+]2CCN(S(=O)(=O)c3ccc(F)c(Cl)c3)CC2)o1. The highest BCUT2D eigenvalue weighted by Gasteiger charge is 2.31. The molecule has 0 saturated carbocycles. The molecule has 1 saturated heterocycles.